The summed E-state index contributed by atoms with van der Waals surface area (Å²) in [7, 11) is 3.25. The molecule has 1 amide bonds. The van der Waals surface area contributed by atoms with Gasteiger partial charge in [0.2, 0.25) is 12.7 Å². The Hall–Kier alpha value is -2.86. The van der Waals surface area contributed by atoms with Crippen LogP contribution in [0.25, 0.3) is 6.08 Å². The van der Waals surface area contributed by atoms with E-state index in [0.717, 1.165) is 35.5 Å². The summed E-state index contributed by atoms with van der Waals surface area (Å²) in [6.45, 7) is 0.852. The highest BCUT2D eigenvalue weighted by Gasteiger charge is 2.31. The lowest BCUT2D eigenvalue weighted by molar-refractivity contribution is -0.126. The molecule has 0 saturated carbocycles. The van der Waals surface area contributed by atoms with Gasteiger partial charge in [-0.2, -0.15) is 0 Å². The second-order valence-corrected chi connectivity index (χ2v) is 7.27. The van der Waals surface area contributed by atoms with Gasteiger partial charge in [0.1, 0.15) is 11.5 Å². The van der Waals surface area contributed by atoms with Crippen LogP contribution in [0, 0.1) is 0 Å². The van der Waals surface area contributed by atoms with Gasteiger partial charge in [-0.25, -0.2) is 0 Å². The van der Waals surface area contributed by atoms with Gasteiger partial charge in [0.25, 0.3) is 0 Å². The number of nitrogens with zero attached hydrogens (tertiary/aromatic N) is 1. The average Bonchev–Trinajstić information content (AvgIpc) is 3.41. The standard InChI is InChI=1S/C22H22ClNO5/c1-26-15-6-7-16(19(12-15)27-2)18-4-3-9-24(18)21(25)8-5-14-10-17(23)22-20(11-14)28-13-29-22/h5-8,10-12,18H,3-4,9,13H2,1-2H3/b8-5+. The van der Waals surface area contributed by atoms with Gasteiger partial charge >= 0.3 is 0 Å². The Labute approximate surface area is 174 Å². The lowest BCUT2D eigenvalue weighted by Crippen LogP contribution is -2.29. The van der Waals surface area contributed by atoms with Crippen molar-refractivity contribution in [3.8, 4) is 23.0 Å². The van der Waals surface area contributed by atoms with Crippen LogP contribution in [0.1, 0.15) is 30.0 Å². The molecule has 0 spiro atoms. The van der Waals surface area contributed by atoms with Crippen LogP contribution in [0.4, 0.5) is 0 Å². The highest BCUT2D eigenvalue weighted by molar-refractivity contribution is 6.32. The molecule has 7 heteroatoms. The van der Waals surface area contributed by atoms with Crippen molar-refractivity contribution >= 4 is 23.6 Å². The number of methoxy groups -OCH3 is 2. The summed E-state index contributed by atoms with van der Waals surface area (Å²) in [5.41, 5.74) is 1.77. The number of hydrogen-bond donors (Lipinski definition) is 0. The van der Waals surface area contributed by atoms with E-state index in [0.29, 0.717) is 23.1 Å². The Morgan fingerprint density at radius 2 is 2.07 bits per heavy atom. The summed E-state index contributed by atoms with van der Waals surface area (Å²) in [5, 5.41) is 0.467. The first-order valence-electron chi connectivity index (χ1n) is 9.40. The maximum Gasteiger partial charge on any atom is 0.247 e. The Morgan fingerprint density at radius 1 is 1.21 bits per heavy atom. The summed E-state index contributed by atoms with van der Waals surface area (Å²) >= 11 is 6.22. The molecule has 2 aliphatic heterocycles. The molecule has 0 aromatic heterocycles. The third kappa shape index (κ3) is 3.85. The zero-order valence-electron chi connectivity index (χ0n) is 16.3. The fraction of sp³-hybridized carbons (Fsp3) is 0.318. The van der Waals surface area contributed by atoms with Crippen molar-refractivity contribution in [3.63, 3.8) is 0 Å². The molecule has 1 fully saturated rings. The minimum atomic E-state index is -0.0563. The van der Waals surface area contributed by atoms with E-state index in [2.05, 4.69) is 0 Å². The van der Waals surface area contributed by atoms with Crippen LogP contribution < -0.4 is 18.9 Å². The molecular formula is C22H22ClNO5. The Kier molecular flexibility index (Phi) is 5.53. The number of rotatable bonds is 5. The van der Waals surface area contributed by atoms with Gasteiger partial charge in [0, 0.05) is 24.3 Å². The molecule has 0 radical (unpaired) electrons. The summed E-state index contributed by atoms with van der Waals surface area (Å²) in [6.07, 6.45) is 5.15. The largest absolute Gasteiger partial charge is 0.497 e. The molecule has 1 atom stereocenters. The topological polar surface area (TPSA) is 57.2 Å². The number of likely N-dealkylation sites (tertiary alicyclic amines) is 1. The van der Waals surface area contributed by atoms with Crippen LogP contribution in [-0.4, -0.2) is 38.4 Å². The fourth-order valence-corrected chi connectivity index (χ4v) is 4.07. The zero-order valence-corrected chi connectivity index (χ0v) is 17.1. The molecule has 2 aromatic carbocycles. The van der Waals surface area contributed by atoms with E-state index in [9.17, 15) is 4.79 Å². The van der Waals surface area contributed by atoms with E-state index in [1.807, 2.05) is 29.2 Å². The number of fused-ring (bicyclic) bond motifs is 1. The number of hydrogen-bond acceptors (Lipinski definition) is 5. The Bertz CT molecular complexity index is 958. The summed E-state index contributed by atoms with van der Waals surface area (Å²) < 4.78 is 21.5. The summed E-state index contributed by atoms with van der Waals surface area (Å²) in [5.74, 6) is 2.52. The SMILES string of the molecule is COc1ccc(C2CCCN2C(=O)/C=C/c2cc(Cl)c3c(c2)OCO3)c(OC)c1. The first kappa shape index (κ1) is 19.5. The molecule has 2 aromatic rings. The van der Waals surface area contributed by atoms with E-state index in [-0.39, 0.29) is 18.7 Å². The predicted molar refractivity (Wildman–Crippen MR) is 110 cm³/mol. The average molecular weight is 416 g/mol. The smallest absolute Gasteiger partial charge is 0.247 e. The van der Waals surface area contributed by atoms with Crippen LogP contribution in [0.15, 0.2) is 36.4 Å². The van der Waals surface area contributed by atoms with Crippen molar-refractivity contribution in [2.75, 3.05) is 27.6 Å². The van der Waals surface area contributed by atoms with Crippen molar-refractivity contribution in [3.05, 3.63) is 52.6 Å². The molecular weight excluding hydrogens is 394 g/mol. The van der Waals surface area contributed by atoms with E-state index in [1.165, 1.54) is 0 Å². The molecule has 6 nitrogen and oxygen atoms in total. The van der Waals surface area contributed by atoms with Gasteiger partial charge in [-0.3, -0.25) is 4.79 Å². The molecule has 0 N–H and O–H groups in total. The molecule has 4 rings (SSSR count). The van der Waals surface area contributed by atoms with Crippen molar-refractivity contribution in [2.24, 2.45) is 0 Å². The normalized spacial score (nSPS) is 17.8. The van der Waals surface area contributed by atoms with Crippen LogP contribution >= 0.6 is 11.6 Å². The number of halogens is 1. The molecule has 0 aliphatic carbocycles. The first-order chi connectivity index (χ1) is 14.1. The van der Waals surface area contributed by atoms with Crippen molar-refractivity contribution in [2.45, 2.75) is 18.9 Å². The number of benzene rings is 2. The highest BCUT2D eigenvalue weighted by Crippen LogP contribution is 2.41. The first-order valence-corrected chi connectivity index (χ1v) is 9.78. The quantitative estimate of drug-likeness (QED) is 0.675. The molecule has 152 valence electrons. The summed E-state index contributed by atoms with van der Waals surface area (Å²) in [4.78, 5) is 14.8. The molecule has 2 aliphatic rings. The van der Waals surface area contributed by atoms with Crippen LogP contribution in [-0.2, 0) is 4.79 Å². The number of ether oxygens (including phenoxy) is 4. The van der Waals surface area contributed by atoms with Gasteiger partial charge in [-0.1, -0.05) is 11.6 Å². The number of amides is 1. The molecule has 2 heterocycles. The minimum Gasteiger partial charge on any atom is -0.497 e. The molecule has 1 saturated heterocycles. The maximum absolute atomic E-state index is 12.9. The van der Waals surface area contributed by atoms with Gasteiger partial charge in [-0.15, -0.1) is 0 Å². The second-order valence-electron chi connectivity index (χ2n) is 6.87. The van der Waals surface area contributed by atoms with Gasteiger partial charge < -0.3 is 23.8 Å². The van der Waals surface area contributed by atoms with Crippen molar-refractivity contribution in [1.29, 1.82) is 0 Å². The van der Waals surface area contributed by atoms with Crippen LogP contribution in [0.3, 0.4) is 0 Å². The lowest BCUT2D eigenvalue weighted by atomic mass is 10.0. The Balaban J connectivity index is 1.54. The van der Waals surface area contributed by atoms with Crippen molar-refractivity contribution < 1.29 is 23.7 Å². The third-order valence-corrected chi connectivity index (χ3v) is 5.48. The molecule has 0 bridgehead atoms. The maximum atomic E-state index is 12.9. The number of carbonyl (C=O) groups excluding carboxylic acids is 1. The molecule has 29 heavy (non-hydrogen) atoms. The third-order valence-electron chi connectivity index (χ3n) is 5.20. The van der Waals surface area contributed by atoms with Gasteiger partial charge in [0.15, 0.2) is 11.5 Å². The monoisotopic (exact) mass is 415 g/mol. The Morgan fingerprint density at radius 3 is 2.86 bits per heavy atom. The highest BCUT2D eigenvalue weighted by atomic mass is 35.5. The van der Waals surface area contributed by atoms with E-state index < -0.39 is 0 Å². The summed E-state index contributed by atoms with van der Waals surface area (Å²) in [6, 6.07) is 9.24. The zero-order chi connectivity index (χ0) is 20.4. The van der Waals surface area contributed by atoms with Crippen LogP contribution in [0.2, 0.25) is 5.02 Å². The van der Waals surface area contributed by atoms with E-state index >= 15 is 0 Å². The number of carbonyl (C=O) groups is 1. The predicted octanol–water partition coefficient (Wildman–Crippen LogP) is 4.46. The van der Waals surface area contributed by atoms with Crippen molar-refractivity contribution in [1.82, 2.24) is 4.90 Å². The van der Waals surface area contributed by atoms with Crippen LogP contribution in [0.5, 0.6) is 23.0 Å². The lowest BCUT2D eigenvalue weighted by Gasteiger charge is -2.25. The van der Waals surface area contributed by atoms with E-state index in [1.54, 1.807) is 32.4 Å². The molecule has 1 unspecified atom stereocenters. The van der Waals surface area contributed by atoms with Gasteiger partial charge in [-0.05, 0) is 48.7 Å². The fourth-order valence-electron chi connectivity index (χ4n) is 3.79. The van der Waals surface area contributed by atoms with E-state index in [4.69, 9.17) is 30.5 Å². The second kappa shape index (κ2) is 8.25. The van der Waals surface area contributed by atoms with Gasteiger partial charge in [0.05, 0.1) is 25.3 Å². The minimum absolute atomic E-state index is 0.0339.